The van der Waals surface area contributed by atoms with E-state index in [9.17, 15) is 4.39 Å². The lowest BCUT2D eigenvalue weighted by atomic mass is 9.97. The lowest BCUT2D eigenvalue weighted by Gasteiger charge is -2.34. The van der Waals surface area contributed by atoms with Crippen LogP contribution in [0.5, 0.6) is 0 Å². The van der Waals surface area contributed by atoms with Crippen molar-refractivity contribution in [3.63, 3.8) is 0 Å². The van der Waals surface area contributed by atoms with Crippen LogP contribution in [0.15, 0.2) is 42.7 Å². The summed E-state index contributed by atoms with van der Waals surface area (Å²) in [5, 5.41) is 7.98. The largest absolute Gasteiger partial charge is 0.396 e. The predicted octanol–water partition coefficient (Wildman–Crippen LogP) is 3.94. The van der Waals surface area contributed by atoms with Crippen molar-refractivity contribution >= 4 is 22.4 Å². The summed E-state index contributed by atoms with van der Waals surface area (Å²) in [6.45, 7) is 6.09. The van der Waals surface area contributed by atoms with Gasteiger partial charge in [-0.05, 0) is 54.8 Å². The lowest BCUT2D eigenvalue weighted by molar-refractivity contribution is 0.0986. The molecule has 0 unspecified atom stereocenters. The minimum atomic E-state index is -0.441. The molecule has 0 spiro atoms. The van der Waals surface area contributed by atoms with Gasteiger partial charge in [-0.15, -0.1) is 0 Å². The standard InChI is InChI=1S/C23H23FN6O/c1-13-11-26-22(19-5-6-27-29-19)23-21(13)16(15-3-4-18(25)17(24)9-15)10-20(28-23)30-7-8-31-12-14(30)2/h3-6,9-11,14H,7-8,12,25H2,1-2H3,(H,27,29)/t14-/m1/s1. The molecule has 3 aromatic heterocycles. The first kappa shape index (κ1) is 19.4. The molecule has 3 N–H and O–H groups in total. The summed E-state index contributed by atoms with van der Waals surface area (Å²) in [5.41, 5.74) is 10.7. The van der Waals surface area contributed by atoms with E-state index in [1.54, 1.807) is 12.3 Å². The molecular formula is C23H23FN6O. The fraction of sp³-hybridized carbons (Fsp3) is 0.261. The summed E-state index contributed by atoms with van der Waals surface area (Å²) in [7, 11) is 0. The van der Waals surface area contributed by atoms with E-state index in [1.807, 2.05) is 31.3 Å². The van der Waals surface area contributed by atoms with Crippen molar-refractivity contribution in [2.45, 2.75) is 19.9 Å². The van der Waals surface area contributed by atoms with E-state index < -0.39 is 5.82 Å². The number of nitrogens with two attached hydrogens (primary N) is 1. The number of aromatic nitrogens is 4. The number of nitrogen functional groups attached to an aromatic ring is 1. The Morgan fingerprint density at radius 3 is 2.87 bits per heavy atom. The van der Waals surface area contributed by atoms with Crippen molar-refractivity contribution in [2.24, 2.45) is 0 Å². The third-order valence-corrected chi connectivity index (χ3v) is 5.74. The second-order valence-corrected chi connectivity index (χ2v) is 7.87. The van der Waals surface area contributed by atoms with Crippen LogP contribution in [0.25, 0.3) is 33.4 Å². The number of H-pyrrole nitrogens is 1. The Bertz CT molecular complexity index is 1260. The van der Waals surface area contributed by atoms with Crippen LogP contribution < -0.4 is 10.6 Å². The van der Waals surface area contributed by atoms with Crippen molar-refractivity contribution in [3.8, 4) is 22.5 Å². The zero-order chi connectivity index (χ0) is 21.5. The predicted molar refractivity (Wildman–Crippen MR) is 119 cm³/mol. The SMILES string of the molecule is Cc1cnc(-c2ccn[nH]2)c2nc(N3CCOC[C@H]3C)cc(-c3ccc(N)c(F)c3)c12. The first-order valence-electron chi connectivity index (χ1n) is 10.2. The maximum Gasteiger partial charge on any atom is 0.146 e. The van der Waals surface area contributed by atoms with Crippen molar-refractivity contribution in [1.29, 1.82) is 0 Å². The van der Waals surface area contributed by atoms with Gasteiger partial charge in [0.2, 0.25) is 0 Å². The Labute approximate surface area is 179 Å². The Hall–Kier alpha value is -3.52. The number of hydrogen-bond acceptors (Lipinski definition) is 6. The van der Waals surface area contributed by atoms with Gasteiger partial charge in [0.15, 0.2) is 0 Å². The molecule has 1 saturated heterocycles. The van der Waals surface area contributed by atoms with Crippen LogP contribution in [0.4, 0.5) is 15.9 Å². The van der Waals surface area contributed by atoms with E-state index in [2.05, 4.69) is 27.0 Å². The fourth-order valence-electron chi connectivity index (χ4n) is 4.11. The highest BCUT2D eigenvalue weighted by atomic mass is 19.1. The number of pyridine rings is 2. The molecule has 1 fully saturated rings. The molecule has 0 bridgehead atoms. The number of ether oxygens (including phenoxy) is 1. The Morgan fingerprint density at radius 2 is 2.13 bits per heavy atom. The summed E-state index contributed by atoms with van der Waals surface area (Å²) in [6, 6.07) is 8.98. The normalized spacial score (nSPS) is 16.7. The van der Waals surface area contributed by atoms with E-state index in [1.165, 1.54) is 6.07 Å². The lowest BCUT2D eigenvalue weighted by Crippen LogP contribution is -2.44. The number of benzene rings is 1. The molecule has 1 atom stereocenters. The van der Waals surface area contributed by atoms with Gasteiger partial charge in [-0.2, -0.15) is 5.10 Å². The maximum atomic E-state index is 14.4. The quantitative estimate of drug-likeness (QED) is 0.490. The molecule has 0 saturated carbocycles. The van der Waals surface area contributed by atoms with Crippen LogP contribution in [0.1, 0.15) is 12.5 Å². The smallest absolute Gasteiger partial charge is 0.146 e. The molecule has 1 aliphatic heterocycles. The van der Waals surface area contributed by atoms with Gasteiger partial charge in [0.05, 0.1) is 30.6 Å². The average Bonchev–Trinajstić information content (AvgIpc) is 3.30. The summed E-state index contributed by atoms with van der Waals surface area (Å²) >= 11 is 0. The van der Waals surface area contributed by atoms with Crippen LogP contribution in [-0.4, -0.2) is 46.0 Å². The molecular weight excluding hydrogens is 395 g/mol. The molecule has 8 heteroatoms. The van der Waals surface area contributed by atoms with Gasteiger partial charge in [-0.3, -0.25) is 10.1 Å². The van der Waals surface area contributed by atoms with Crippen LogP contribution in [0.2, 0.25) is 0 Å². The Kier molecular flexibility index (Phi) is 4.78. The number of rotatable bonds is 3. The van der Waals surface area contributed by atoms with Gasteiger partial charge < -0.3 is 15.4 Å². The minimum absolute atomic E-state index is 0.126. The fourth-order valence-corrected chi connectivity index (χ4v) is 4.11. The van der Waals surface area contributed by atoms with Crippen molar-refractivity contribution in [1.82, 2.24) is 20.2 Å². The van der Waals surface area contributed by atoms with Crippen LogP contribution in [-0.2, 0) is 4.74 Å². The Balaban J connectivity index is 1.83. The Morgan fingerprint density at radius 1 is 1.26 bits per heavy atom. The maximum absolute atomic E-state index is 14.4. The molecule has 0 radical (unpaired) electrons. The highest BCUT2D eigenvalue weighted by molar-refractivity contribution is 6.03. The van der Waals surface area contributed by atoms with Gasteiger partial charge in [-0.1, -0.05) is 6.07 Å². The molecule has 1 aromatic carbocycles. The monoisotopic (exact) mass is 418 g/mol. The number of morpholine rings is 1. The number of nitrogens with zero attached hydrogens (tertiary/aromatic N) is 4. The number of aryl methyl sites for hydroxylation is 1. The third kappa shape index (κ3) is 3.38. The molecule has 4 aromatic rings. The summed E-state index contributed by atoms with van der Waals surface area (Å²) in [4.78, 5) is 11.9. The topological polar surface area (TPSA) is 93.0 Å². The zero-order valence-electron chi connectivity index (χ0n) is 17.4. The van der Waals surface area contributed by atoms with Crippen LogP contribution >= 0.6 is 0 Å². The van der Waals surface area contributed by atoms with Gasteiger partial charge in [0.1, 0.15) is 22.8 Å². The van der Waals surface area contributed by atoms with Gasteiger partial charge in [0.25, 0.3) is 0 Å². The summed E-state index contributed by atoms with van der Waals surface area (Å²) in [5.74, 6) is 0.368. The number of aromatic amines is 1. The number of nitrogens with one attached hydrogen (secondary N) is 1. The molecule has 5 rings (SSSR count). The summed E-state index contributed by atoms with van der Waals surface area (Å²) < 4.78 is 20.0. The zero-order valence-corrected chi connectivity index (χ0v) is 17.4. The number of fused-ring (bicyclic) bond motifs is 1. The van der Waals surface area contributed by atoms with E-state index >= 15 is 0 Å². The number of hydrogen-bond donors (Lipinski definition) is 2. The number of anilines is 2. The van der Waals surface area contributed by atoms with E-state index in [0.29, 0.717) is 18.9 Å². The second-order valence-electron chi connectivity index (χ2n) is 7.87. The highest BCUT2D eigenvalue weighted by Crippen LogP contribution is 2.38. The van der Waals surface area contributed by atoms with Crippen LogP contribution in [0, 0.1) is 12.7 Å². The minimum Gasteiger partial charge on any atom is -0.396 e. The highest BCUT2D eigenvalue weighted by Gasteiger charge is 2.24. The van der Waals surface area contributed by atoms with Gasteiger partial charge >= 0.3 is 0 Å². The van der Waals surface area contributed by atoms with Crippen molar-refractivity contribution < 1.29 is 9.13 Å². The van der Waals surface area contributed by atoms with Gasteiger partial charge in [0, 0.05) is 24.3 Å². The summed E-state index contributed by atoms with van der Waals surface area (Å²) in [6.07, 6.45) is 3.50. The number of halogens is 1. The third-order valence-electron chi connectivity index (χ3n) is 5.74. The molecule has 7 nitrogen and oxygen atoms in total. The molecule has 0 aliphatic carbocycles. The van der Waals surface area contributed by atoms with E-state index in [4.69, 9.17) is 15.5 Å². The van der Waals surface area contributed by atoms with Crippen LogP contribution in [0.3, 0.4) is 0 Å². The van der Waals surface area contributed by atoms with Gasteiger partial charge in [-0.25, -0.2) is 9.37 Å². The first-order chi connectivity index (χ1) is 15.0. The average molecular weight is 418 g/mol. The van der Waals surface area contributed by atoms with Crippen molar-refractivity contribution in [3.05, 3.63) is 54.1 Å². The molecule has 31 heavy (non-hydrogen) atoms. The molecule has 4 heterocycles. The first-order valence-corrected chi connectivity index (χ1v) is 10.2. The molecule has 158 valence electrons. The van der Waals surface area contributed by atoms with Crippen molar-refractivity contribution in [2.75, 3.05) is 30.4 Å². The molecule has 0 amide bonds. The van der Waals surface area contributed by atoms with E-state index in [-0.39, 0.29) is 11.7 Å². The molecule has 1 aliphatic rings. The second kappa shape index (κ2) is 7.63. The van der Waals surface area contributed by atoms with E-state index in [0.717, 1.165) is 45.6 Å².